The van der Waals surface area contributed by atoms with E-state index < -0.39 is 36.3 Å². The van der Waals surface area contributed by atoms with Crippen molar-refractivity contribution in [3.63, 3.8) is 0 Å². The zero-order valence-electron chi connectivity index (χ0n) is 8.36. The second-order valence-corrected chi connectivity index (χ2v) is 3.60. The first-order valence-electron chi connectivity index (χ1n) is 4.04. The van der Waals surface area contributed by atoms with Crippen molar-refractivity contribution in [2.45, 2.75) is 43.2 Å². The van der Waals surface area contributed by atoms with Gasteiger partial charge in [0.1, 0.15) is 0 Å². The van der Waals surface area contributed by atoms with Gasteiger partial charge in [-0.05, 0) is 6.92 Å². The Morgan fingerprint density at radius 3 is 1.17 bits per heavy atom. The van der Waals surface area contributed by atoms with Crippen LogP contribution in [-0.2, 0) is 0 Å². The van der Waals surface area contributed by atoms with Gasteiger partial charge >= 0.3 is 23.9 Å². The van der Waals surface area contributed by atoms with E-state index in [9.17, 15) is 48.3 Å². The lowest BCUT2D eigenvalue weighted by atomic mass is 9.98. The van der Waals surface area contributed by atoms with Crippen LogP contribution in [-0.4, -0.2) is 29.9 Å². The molecule has 0 aliphatic heterocycles. The highest BCUT2D eigenvalue weighted by Crippen LogP contribution is 2.55. The second kappa shape index (κ2) is 4.12. The molecule has 0 rings (SSSR count). The van der Waals surface area contributed by atoms with E-state index in [1.165, 1.54) is 0 Å². The van der Waals surface area contributed by atoms with Crippen LogP contribution in [0.3, 0.4) is 0 Å². The van der Waals surface area contributed by atoms with Gasteiger partial charge in [0.15, 0.2) is 0 Å². The Kier molecular flexibility index (Phi) is 3.94. The molecule has 0 saturated heterocycles. The Morgan fingerprint density at radius 1 is 0.611 bits per heavy atom. The minimum absolute atomic E-state index is 0.317. The fourth-order valence-corrected chi connectivity index (χ4v) is 0.909. The van der Waals surface area contributed by atoms with Gasteiger partial charge in [-0.25, -0.2) is 8.78 Å². The summed E-state index contributed by atoms with van der Waals surface area (Å²) in [5.41, 5.74) is 0. The Labute approximate surface area is 92.7 Å². The summed E-state index contributed by atoms with van der Waals surface area (Å²) in [6.45, 7) is -0.317. The van der Waals surface area contributed by atoms with E-state index in [1.54, 1.807) is 0 Å². The summed E-state index contributed by atoms with van der Waals surface area (Å²) >= 11 is 0. The number of hydrogen-bond acceptors (Lipinski definition) is 0. The lowest BCUT2D eigenvalue weighted by Crippen LogP contribution is -2.61. The van der Waals surface area contributed by atoms with Gasteiger partial charge in [0.05, 0.1) is 6.42 Å². The van der Waals surface area contributed by atoms with Crippen molar-refractivity contribution in [3.8, 4) is 0 Å². The Balaban J connectivity index is 5.50. The van der Waals surface area contributed by atoms with Crippen molar-refractivity contribution in [3.05, 3.63) is 0 Å². The van der Waals surface area contributed by atoms with E-state index in [0.717, 1.165) is 0 Å². The van der Waals surface area contributed by atoms with Crippen LogP contribution in [0.25, 0.3) is 0 Å². The standard InChI is InChI=1S/C7H5F11/c1-3(8,9)2-4(10,11)5(12,13)6(14,15)7(16,17)18/h2H2,1H3. The molecule has 0 amide bonds. The summed E-state index contributed by atoms with van der Waals surface area (Å²) < 4.78 is 133. The quantitative estimate of drug-likeness (QED) is 0.670. The first-order chi connectivity index (χ1) is 7.46. The minimum Gasteiger partial charge on any atom is -0.207 e. The number of rotatable bonds is 4. The van der Waals surface area contributed by atoms with Crippen molar-refractivity contribution in [1.82, 2.24) is 0 Å². The van der Waals surface area contributed by atoms with E-state index >= 15 is 0 Å². The SMILES string of the molecule is CC(F)(F)CC(F)(F)C(F)(F)C(F)(F)C(F)(F)F. The van der Waals surface area contributed by atoms with Crippen LogP contribution in [0.5, 0.6) is 0 Å². The normalized spacial score (nSPS) is 16.0. The van der Waals surface area contributed by atoms with Gasteiger partial charge in [0, 0.05) is 0 Å². The summed E-state index contributed by atoms with van der Waals surface area (Å²) in [5, 5.41) is 0. The third-order valence-electron chi connectivity index (χ3n) is 1.74. The smallest absolute Gasteiger partial charge is 0.207 e. The van der Waals surface area contributed by atoms with Crippen LogP contribution >= 0.6 is 0 Å². The maximum absolute atomic E-state index is 12.5. The molecule has 0 fully saturated rings. The molecular formula is C7H5F11. The fraction of sp³-hybridized carbons (Fsp3) is 1.00. The molecule has 0 bridgehead atoms. The lowest BCUT2D eigenvalue weighted by molar-refractivity contribution is -0.400. The third-order valence-corrected chi connectivity index (χ3v) is 1.74. The summed E-state index contributed by atoms with van der Waals surface area (Å²) in [5.74, 6) is -24.9. The Hall–Kier alpha value is -0.770. The molecule has 0 nitrogen and oxygen atoms in total. The molecular weight excluding hydrogens is 293 g/mol. The van der Waals surface area contributed by atoms with Gasteiger partial charge in [0.25, 0.3) is 5.92 Å². The molecule has 0 aromatic rings. The molecule has 0 unspecified atom stereocenters. The third kappa shape index (κ3) is 2.97. The molecule has 0 spiro atoms. The van der Waals surface area contributed by atoms with Crippen LogP contribution in [0.2, 0.25) is 0 Å². The van der Waals surface area contributed by atoms with Crippen LogP contribution in [0.15, 0.2) is 0 Å². The zero-order chi connectivity index (χ0) is 15.2. The average Bonchev–Trinajstić information content (AvgIpc) is 1.95. The van der Waals surface area contributed by atoms with Crippen molar-refractivity contribution >= 4 is 0 Å². The topological polar surface area (TPSA) is 0 Å². The Morgan fingerprint density at radius 2 is 0.944 bits per heavy atom. The first kappa shape index (κ1) is 17.2. The highest BCUT2D eigenvalue weighted by molar-refractivity contribution is 5.01. The largest absolute Gasteiger partial charge is 0.460 e. The highest BCUT2D eigenvalue weighted by atomic mass is 19.4. The lowest BCUT2D eigenvalue weighted by Gasteiger charge is -2.34. The summed E-state index contributed by atoms with van der Waals surface area (Å²) in [7, 11) is 0. The zero-order valence-corrected chi connectivity index (χ0v) is 8.36. The van der Waals surface area contributed by atoms with E-state index in [-0.39, 0.29) is 6.92 Å². The molecule has 110 valence electrons. The molecule has 0 N–H and O–H groups in total. The monoisotopic (exact) mass is 298 g/mol. The molecule has 18 heavy (non-hydrogen) atoms. The maximum Gasteiger partial charge on any atom is 0.460 e. The van der Waals surface area contributed by atoms with Gasteiger partial charge in [-0.3, -0.25) is 0 Å². The van der Waals surface area contributed by atoms with Crippen LogP contribution < -0.4 is 0 Å². The summed E-state index contributed by atoms with van der Waals surface area (Å²) in [4.78, 5) is 0. The minimum atomic E-state index is -7.13. The highest BCUT2D eigenvalue weighted by Gasteiger charge is 2.82. The molecule has 0 aliphatic carbocycles. The summed E-state index contributed by atoms with van der Waals surface area (Å²) in [6.07, 6.45) is -10.1. The predicted octanol–water partition coefficient (Wildman–Crippen LogP) is 4.50. The van der Waals surface area contributed by atoms with Gasteiger partial charge in [-0.15, -0.1) is 0 Å². The first-order valence-corrected chi connectivity index (χ1v) is 4.04. The summed E-state index contributed by atoms with van der Waals surface area (Å²) in [6, 6.07) is 0. The molecule has 0 aliphatic rings. The molecule has 0 saturated carbocycles. The van der Waals surface area contributed by atoms with E-state index in [0.29, 0.717) is 0 Å². The van der Waals surface area contributed by atoms with E-state index in [4.69, 9.17) is 0 Å². The van der Waals surface area contributed by atoms with Crippen LogP contribution in [0.1, 0.15) is 13.3 Å². The van der Waals surface area contributed by atoms with Gasteiger partial charge in [0.2, 0.25) is 0 Å². The predicted molar refractivity (Wildman–Crippen MR) is 36.1 cm³/mol. The van der Waals surface area contributed by atoms with E-state index in [1.807, 2.05) is 0 Å². The van der Waals surface area contributed by atoms with Crippen molar-refractivity contribution in [2.24, 2.45) is 0 Å². The van der Waals surface area contributed by atoms with E-state index in [2.05, 4.69) is 0 Å². The van der Waals surface area contributed by atoms with Gasteiger partial charge in [-0.1, -0.05) is 0 Å². The molecule has 0 aromatic carbocycles. The number of hydrogen-bond donors (Lipinski definition) is 0. The maximum atomic E-state index is 12.5. The van der Waals surface area contributed by atoms with Gasteiger partial charge < -0.3 is 0 Å². The Bertz CT molecular complexity index is 293. The average molecular weight is 298 g/mol. The van der Waals surface area contributed by atoms with Gasteiger partial charge in [-0.2, -0.15) is 39.5 Å². The molecule has 0 atom stereocenters. The van der Waals surface area contributed by atoms with Crippen molar-refractivity contribution < 1.29 is 48.3 Å². The number of halogens is 11. The molecule has 0 radical (unpaired) electrons. The van der Waals surface area contributed by atoms with Crippen molar-refractivity contribution in [1.29, 1.82) is 0 Å². The van der Waals surface area contributed by atoms with Crippen LogP contribution in [0.4, 0.5) is 48.3 Å². The molecule has 11 heteroatoms. The van der Waals surface area contributed by atoms with Crippen LogP contribution in [0, 0.1) is 0 Å². The fourth-order valence-electron chi connectivity index (χ4n) is 0.909. The second-order valence-electron chi connectivity index (χ2n) is 3.60. The van der Waals surface area contributed by atoms with Crippen molar-refractivity contribution in [2.75, 3.05) is 0 Å². The number of alkyl halides is 11. The molecule has 0 heterocycles. The molecule has 0 aromatic heterocycles.